The van der Waals surface area contributed by atoms with Gasteiger partial charge in [-0.05, 0) is 58.3 Å². The van der Waals surface area contributed by atoms with Gasteiger partial charge >= 0.3 is 0 Å². The van der Waals surface area contributed by atoms with Crippen molar-refractivity contribution in [2.45, 2.75) is 58.0 Å². The summed E-state index contributed by atoms with van der Waals surface area (Å²) in [5.41, 5.74) is 3.24. The monoisotopic (exact) mass is 382 g/mol. The highest BCUT2D eigenvalue weighted by atomic mass is 16.5. The molecule has 6 heteroatoms. The third-order valence-corrected chi connectivity index (χ3v) is 5.76. The number of methoxy groups -OCH3 is 1. The maximum Gasteiger partial charge on any atom is 0.226 e. The Morgan fingerprint density at radius 2 is 2.00 bits per heavy atom. The molecule has 2 aliphatic rings. The van der Waals surface area contributed by atoms with E-state index in [1.165, 1.54) is 18.4 Å². The molecule has 0 spiro atoms. The molecule has 0 unspecified atom stereocenters. The van der Waals surface area contributed by atoms with E-state index < -0.39 is 0 Å². The fourth-order valence-electron chi connectivity index (χ4n) is 4.35. The van der Waals surface area contributed by atoms with Crippen molar-refractivity contribution in [2.75, 3.05) is 25.5 Å². The zero-order chi connectivity index (χ0) is 19.9. The number of fused-ring (bicyclic) bond motifs is 1. The summed E-state index contributed by atoms with van der Waals surface area (Å²) in [7, 11) is 1.72. The van der Waals surface area contributed by atoms with E-state index in [0.717, 1.165) is 42.3 Å². The molecule has 4 rings (SSSR count). The second kappa shape index (κ2) is 7.24. The van der Waals surface area contributed by atoms with Crippen molar-refractivity contribution < 1.29 is 9.53 Å². The van der Waals surface area contributed by atoms with E-state index in [1.54, 1.807) is 7.11 Å². The summed E-state index contributed by atoms with van der Waals surface area (Å²) in [6, 6.07) is 6.35. The minimum absolute atomic E-state index is 0.0167. The number of amides is 1. The zero-order valence-corrected chi connectivity index (χ0v) is 17.3. The predicted molar refractivity (Wildman–Crippen MR) is 110 cm³/mol. The number of anilines is 1. The first-order chi connectivity index (χ1) is 13.4. The molecule has 1 atom stereocenters. The highest BCUT2D eigenvalue weighted by molar-refractivity contribution is 5.94. The van der Waals surface area contributed by atoms with Gasteiger partial charge in [0, 0.05) is 30.0 Å². The van der Waals surface area contributed by atoms with Crippen LogP contribution in [0.25, 0.3) is 0 Å². The van der Waals surface area contributed by atoms with Gasteiger partial charge in [0.05, 0.1) is 18.8 Å². The number of ether oxygens (including phenoxy) is 1. The SMILES string of the molecule is COc1ccc([C@@H]2CC(=O)Nc3c2cnn3C(C)(C)C)cc1CN1CCCC1. The topological polar surface area (TPSA) is 59.4 Å². The number of nitrogens with zero attached hydrogens (tertiary/aromatic N) is 3. The maximum absolute atomic E-state index is 12.5. The number of carbonyl (C=O) groups excluding carboxylic acids is 1. The summed E-state index contributed by atoms with van der Waals surface area (Å²) in [6.07, 6.45) is 4.88. The minimum atomic E-state index is -0.191. The summed E-state index contributed by atoms with van der Waals surface area (Å²) in [6.45, 7) is 9.46. The van der Waals surface area contributed by atoms with E-state index >= 15 is 0 Å². The molecule has 0 bridgehead atoms. The van der Waals surface area contributed by atoms with Crippen molar-refractivity contribution in [1.29, 1.82) is 0 Å². The molecule has 0 aliphatic carbocycles. The Bertz CT molecular complexity index is 875. The number of carbonyl (C=O) groups is 1. The largest absolute Gasteiger partial charge is 0.496 e. The molecular formula is C22H30N4O2. The molecule has 1 fully saturated rings. The van der Waals surface area contributed by atoms with Gasteiger partial charge in [-0.2, -0.15) is 5.10 Å². The summed E-state index contributed by atoms with van der Waals surface area (Å²) >= 11 is 0. The molecule has 0 saturated carbocycles. The molecule has 1 amide bonds. The van der Waals surface area contributed by atoms with E-state index in [4.69, 9.17) is 4.74 Å². The predicted octanol–water partition coefficient (Wildman–Crippen LogP) is 3.72. The van der Waals surface area contributed by atoms with Crippen LogP contribution in [-0.4, -0.2) is 40.8 Å². The van der Waals surface area contributed by atoms with Gasteiger partial charge in [-0.1, -0.05) is 12.1 Å². The van der Waals surface area contributed by atoms with Crippen molar-refractivity contribution in [3.8, 4) is 5.75 Å². The minimum Gasteiger partial charge on any atom is -0.496 e. The number of likely N-dealkylation sites (tertiary alicyclic amines) is 1. The lowest BCUT2D eigenvalue weighted by Gasteiger charge is -2.28. The van der Waals surface area contributed by atoms with Crippen LogP contribution in [0, 0.1) is 0 Å². The normalized spacial score (nSPS) is 20.1. The summed E-state index contributed by atoms with van der Waals surface area (Å²) in [5, 5.41) is 7.63. The second-order valence-corrected chi connectivity index (χ2v) is 8.89. The number of aromatic nitrogens is 2. The van der Waals surface area contributed by atoms with Gasteiger partial charge in [0.2, 0.25) is 5.91 Å². The summed E-state index contributed by atoms with van der Waals surface area (Å²) in [4.78, 5) is 15.0. The first kappa shape index (κ1) is 19.0. The van der Waals surface area contributed by atoms with E-state index in [1.807, 2.05) is 16.9 Å². The van der Waals surface area contributed by atoms with E-state index in [2.05, 4.69) is 48.2 Å². The van der Waals surface area contributed by atoms with Gasteiger partial charge < -0.3 is 10.1 Å². The molecular weight excluding hydrogens is 352 g/mol. The molecule has 150 valence electrons. The fraction of sp³-hybridized carbons (Fsp3) is 0.545. The number of nitrogens with one attached hydrogen (secondary N) is 1. The fourth-order valence-corrected chi connectivity index (χ4v) is 4.35. The highest BCUT2D eigenvalue weighted by Crippen LogP contribution is 2.40. The molecule has 2 aromatic rings. The van der Waals surface area contributed by atoms with E-state index in [9.17, 15) is 4.79 Å². The van der Waals surface area contributed by atoms with Crippen LogP contribution in [0.5, 0.6) is 5.75 Å². The lowest BCUT2D eigenvalue weighted by molar-refractivity contribution is -0.116. The van der Waals surface area contributed by atoms with E-state index in [0.29, 0.717) is 6.42 Å². The number of hydrogen-bond donors (Lipinski definition) is 1. The summed E-state index contributed by atoms with van der Waals surface area (Å²) in [5.74, 6) is 1.80. The Kier molecular flexibility index (Phi) is 4.91. The zero-order valence-electron chi connectivity index (χ0n) is 17.3. The quantitative estimate of drug-likeness (QED) is 0.876. The lowest BCUT2D eigenvalue weighted by Crippen LogP contribution is -2.30. The van der Waals surface area contributed by atoms with Crippen molar-refractivity contribution >= 4 is 11.7 Å². The van der Waals surface area contributed by atoms with Gasteiger partial charge in [0.15, 0.2) is 0 Å². The van der Waals surface area contributed by atoms with Crippen LogP contribution < -0.4 is 10.1 Å². The van der Waals surface area contributed by atoms with Crippen LogP contribution in [0.4, 0.5) is 5.82 Å². The highest BCUT2D eigenvalue weighted by Gasteiger charge is 2.33. The number of hydrogen-bond acceptors (Lipinski definition) is 4. The van der Waals surface area contributed by atoms with Crippen LogP contribution in [0.2, 0.25) is 0 Å². The average molecular weight is 383 g/mol. The molecule has 1 N–H and O–H groups in total. The van der Waals surface area contributed by atoms with Crippen LogP contribution >= 0.6 is 0 Å². The molecule has 3 heterocycles. The molecule has 28 heavy (non-hydrogen) atoms. The maximum atomic E-state index is 12.5. The van der Waals surface area contributed by atoms with E-state index in [-0.39, 0.29) is 17.4 Å². The van der Waals surface area contributed by atoms with Gasteiger partial charge in [-0.3, -0.25) is 9.69 Å². The Hall–Kier alpha value is -2.34. The second-order valence-electron chi connectivity index (χ2n) is 8.89. The standard InChI is InChI=1S/C22H30N4O2/c1-22(2,3)26-21-18(13-23-26)17(12-20(27)24-21)15-7-8-19(28-4)16(11-15)14-25-9-5-6-10-25/h7-8,11,13,17H,5-6,9-10,12,14H2,1-4H3,(H,24,27)/t17-/m0/s1. The summed E-state index contributed by atoms with van der Waals surface area (Å²) < 4.78 is 7.53. The lowest BCUT2D eigenvalue weighted by atomic mass is 9.86. The molecule has 1 saturated heterocycles. The van der Waals surface area contributed by atoms with Crippen LogP contribution in [0.3, 0.4) is 0 Å². The van der Waals surface area contributed by atoms with Gasteiger partial charge in [-0.25, -0.2) is 4.68 Å². The van der Waals surface area contributed by atoms with Crippen molar-refractivity contribution in [2.24, 2.45) is 0 Å². The van der Waals surface area contributed by atoms with Crippen LogP contribution in [0.1, 0.15) is 62.6 Å². The third-order valence-electron chi connectivity index (χ3n) is 5.76. The smallest absolute Gasteiger partial charge is 0.226 e. The Morgan fingerprint density at radius 1 is 1.25 bits per heavy atom. The van der Waals surface area contributed by atoms with Crippen LogP contribution in [0.15, 0.2) is 24.4 Å². The molecule has 1 aromatic heterocycles. The molecule has 1 aromatic carbocycles. The third kappa shape index (κ3) is 3.53. The first-order valence-corrected chi connectivity index (χ1v) is 10.1. The Labute approximate surface area is 166 Å². The molecule has 2 aliphatic heterocycles. The molecule has 0 radical (unpaired) electrons. The Balaban J connectivity index is 1.71. The average Bonchev–Trinajstić information content (AvgIpc) is 3.30. The first-order valence-electron chi connectivity index (χ1n) is 10.1. The van der Waals surface area contributed by atoms with Crippen molar-refractivity contribution in [3.05, 3.63) is 41.1 Å². The van der Waals surface area contributed by atoms with Crippen molar-refractivity contribution in [1.82, 2.24) is 14.7 Å². The molecule has 6 nitrogen and oxygen atoms in total. The van der Waals surface area contributed by atoms with Crippen molar-refractivity contribution in [3.63, 3.8) is 0 Å². The Morgan fingerprint density at radius 3 is 2.68 bits per heavy atom. The number of rotatable bonds is 4. The van der Waals surface area contributed by atoms with Gasteiger partial charge in [-0.15, -0.1) is 0 Å². The van der Waals surface area contributed by atoms with Gasteiger partial charge in [0.25, 0.3) is 0 Å². The van der Waals surface area contributed by atoms with Crippen LogP contribution in [-0.2, 0) is 16.9 Å². The number of benzene rings is 1. The van der Waals surface area contributed by atoms with Gasteiger partial charge in [0.1, 0.15) is 11.6 Å².